The molecular weight excluding hydrogens is 340 g/mol. The summed E-state index contributed by atoms with van der Waals surface area (Å²) in [6.45, 7) is 0.313. The molecule has 0 spiro atoms. The number of hydrogen-bond donors (Lipinski definition) is 0. The molecule has 0 fully saturated rings. The van der Waals surface area contributed by atoms with Crippen LogP contribution in [0.1, 0.15) is 5.56 Å². The minimum Gasteiger partial charge on any atom is -0.340 e. The van der Waals surface area contributed by atoms with Crippen molar-refractivity contribution in [3.05, 3.63) is 82.6 Å². The second-order valence-corrected chi connectivity index (χ2v) is 6.46. The van der Waals surface area contributed by atoms with Gasteiger partial charge in [-0.2, -0.15) is 0 Å². The standard InChI is InChI=1S/C21H18N4O2/c1-24(13-16-9-6-8-15-7-2-3-10-17(15)16)20(26)14-25-21(27)18-11-4-5-12-19(18)22-23-25/h2-12H,13-14H2,1H3. The molecule has 6 heteroatoms. The average Bonchev–Trinajstić information content (AvgIpc) is 2.70. The number of benzene rings is 3. The normalized spacial score (nSPS) is 11.0. The Balaban J connectivity index is 1.56. The monoisotopic (exact) mass is 358 g/mol. The molecule has 0 unspecified atom stereocenters. The van der Waals surface area contributed by atoms with E-state index in [4.69, 9.17) is 0 Å². The van der Waals surface area contributed by atoms with Crippen LogP contribution < -0.4 is 5.56 Å². The molecule has 0 bridgehead atoms. The van der Waals surface area contributed by atoms with Gasteiger partial charge in [-0.05, 0) is 28.5 Å². The van der Waals surface area contributed by atoms with Crippen molar-refractivity contribution in [3.63, 3.8) is 0 Å². The number of likely N-dealkylation sites (N-methyl/N-ethyl adjacent to an activating group) is 1. The molecule has 1 amide bonds. The smallest absolute Gasteiger partial charge is 0.278 e. The van der Waals surface area contributed by atoms with Crippen molar-refractivity contribution >= 4 is 27.6 Å². The SMILES string of the molecule is CN(Cc1cccc2ccccc12)C(=O)Cn1nnc2ccccc2c1=O. The van der Waals surface area contributed by atoms with Gasteiger partial charge < -0.3 is 4.90 Å². The van der Waals surface area contributed by atoms with E-state index in [9.17, 15) is 9.59 Å². The van der Waals surface area contributed by atoms with Gasteiger partial charge in [-0.15, -0.1) is 5.10 Å². The molecule has 134 valence electrons. The second-order valence-electron chi connectivity index (χ2n) is 6.46. The number of carbonyl (C=O) groups excluding carboxylic acids is 1. The van der Waals surface area contributed by atoms with Gasteiger partial charge in [0.05, 0.1) is 5.39 Å². The summed E-state index contributed by atoms with van der Waals surface area (Å²) in [4.78, 5) is 26.8. The van der Waals surface area contributed by atoms with Gasteiger partial charge in [0, 0.05) is 13.6 Å². The fourth-order valence-corrected chi connectivity index (χ4v) is 3.15. The molecule has 4 rings (SSSR count). The van der Waals surface area contributed by atoms with Crippen LogP contribution in [0.4, 0.5) is 0 Å². The van der Waals surface area contributed by atoms with E-state index >= 15 is 0 Å². The summed E-state index contributed by atoms with van der Waals surface area (Å²) in [7, 11) is 1.73. The molecule has 6 nitrogen and oxygen atoms in total. The molecule has 0 N–H and O–H groups in total. The van der Waals surface area contributed by atoms with Crippen molar-refractivity contribution in [2.45, 2.75) is 13.1 Å². The average molecular weight is 358 g/mol. The zero-order valence-electron chi connectivity index (χ0n) is 14.9. The van der Waals surface area contributed by atoms with E-state index in [2.05, 4.69) is 10.3 Å². The molecule has 4 aromatic rings. The second kappa shape index (κ2) is 6.99. The number of amides is 1. The van der Waals surface area contributed by atoms with Crippen LogP contribution in [0, 0.1) is 0 Å². The largest absolute Gasteiger partial charge is 0.340 e. The Bertz CT molecular complexity index is 1190. The first-order valence-electron chi connectivity index (χ1n) is 8.66. The summed E-state index contributed by atoms with van der Waals surface area (Å²) >= 11 is 0. The molecule has 3 aromatic carbocycles. The lowest BCUT2D eigenvalue weighted by molar-refractivity contribution is -0.131. The number of nitrogens with zero attached hydrogens (tertiary/aromatic N) is 4. The lowest BCUT2D eigenvalue weighted by Gasteiger charge is -2.18. The topological polar surface area (TPSA) is 68.1 Å². The Kier molecular flexibility index (Phi) is 4.38. The first-order valence-corrected chi connectivity index (χ1v) is 8.66. The third-order valence-electron chi connectivity index (χ3n) is 4.63. The first-order chi connectivity index (χ1) is 13.1. The molecule has 0 aliphatic rings. The summed E-state index contributed by atoms with van der Waals surface area (Å²) in [5, 5.41) is 10.6. The lowest BCUT2D eigenvalue weighted by Crippen LogP contribution is -2.35. The van der Waals surface area contributed by atoms with Crippen LogP contribution in [0.5, 0.6) is 0 Å². The maximum atomic E-state index is 12.6. The van der Waals surface area contributed by atoms with Crippen molar-refractivity contribution in [1.29, 1.82) is 0 Å². The van der Waals surface area contributed by atoms with Crippen LogP contribution in [0.2, 0.25) is 0 Å². The summed E-state index contributed by atoms with van der Waals surface area (Å²) in [5.41, 5.74) is 1.27. The number of carbonyl (C=O) groups is 1. The minimum atomic E-state index is -0.312. The van der Waals surface area contributed by atoms with Crippen LogP contribution in [0.3, 0.4) is 0 Å². The van der Waals surface area contributed by atoms with Crippen LogP contribution >= 0.6 is 0 Å². The van der Waals surface area contributed by atoms with E-state index in [0.717, 1.165) is 21.0 Å². The predicted octanol–water partition coefficient (Wildman–Crippen LogP) is 2.60. The quantitative estimate of drug-likeness (QED) is 0.562. The van der Waals surface area contributed by atoms with E-state index in [1.807, 2.05) is 42.5 Å². The molecule has 1 aromatic heterocycles. The maximum absolute atomic E-state index is 12.6. The van der Waals surface area contributed by atoms with Crippen molar-refractivity contribution < 1.29 is 4.79 Å². The van der Waals surface area contributed by atoms with Gasteiger partial charge in [-0.1, -0.05) is 59.8 Å². The molecular formula is C21H18N4O2. The van der Waals surface area contributed by atoms with Crippen molar-refractivity contribution in [2.24, 2.45) is 0 Å². The van der Waals surface area contributed by atoms with Crippen molar-refractivity contribution in [3.8, 4) is 0 Å². The number of fused-ring (bicyclic) bond motifs is 2. The van der Waals surface area contributed by atoms with Crippen LogP contribution in [0.25, 0.3) is 21.7 Å². The molecule has 0 aliphatic carbocycles. The fraction of sp³-hybridized carbons (Fsp3) is 0.143. The Morgan fingerprint density at radius 3 is 2.52 bits per heavy atom. The van der Waals surface area contributed by atoms with Crippen LogP contribution in [-0.2, 0) is 17.9 Å². The van der Waals surface area contributed by atoms with Gasteiger partial charge in [-0.3, -0.25) is 9.59 Å². The molecule has 0 aliphatic heterocycles. The van der Waals surface area contributed by atoms with Crippen LogP contribution in [0.15, 0.2) is 71.5 Å². The number of rotatable bonds is 4. The van der Waals surface area contributed by atoms with Gasteiger partial charge >= 0.3 is 0 Å². The zero-order valence-corrected chi connectivity index (χ0v) is 14.9. The molecule has 0 saturated carbocycles. The van der Waals surface area contributed by atoms with E-state index in [1.54, 1.807) is 36.2 Å². The fourth-order valence-electron chi connectivity index (χ4n) is 3.15. The minimum absolute atomic E-state index is 0.141. The molecule has 0 atom stereocenters. The molecule has 27 heavy (non-hydrogen) atoms. The van der Waals surface area contributed by atoms with Gasteiger partial charge in [0.15, 0.2) is 0 Å². The first kappa shape index (κ1) is 16.9. The Labute approximate surface area is 155 Å². The predicted molar refractivity (Wildman–Crippen MR) is 104 cm³/mol. The van der Waals surface area contributed by atoms with E-state index < -0.39 is 0 Å². The van der Waals surface area contributed by atoms with Crippen molar-refractivity contribution in [1.82, 2.24) is 19.9 Å². The highest BCUT2D eigenvalue weighted by Crippen LogP contribution is 2.19. The lowest BCUT2D eigenvalue weighted by atomic mass is 10.0. The van der Waals surface area contributed by atoms with Gasteiger partial charge in [-0.25, -0.2) is 4.68 Å². The van der Waals surface area contributed by atoms with Crippen LogP contribution in [-0.4, -0.2) is 32.8 Å². The molecule has 0 radical (unpaired) electrons. The van der Waals surface area contributed by atoms with E-state index in [0.29, 0.717) is 17.4 Å². The Morgan fingerprint density at radius 2 is 1.67 bits per heavy atom. The van der Waals surface area contributed by atoms with Gasteiger partial charge in [0.25, 0.3) is 5.56 Å². The third-order valence-corrected chi connectivity index (χ3v) is 4.63. The molecule has 1 heterocycles. The zero-order chi connectivity index (χ0) is 18.8. The highest BCUT2D eigenvalue weighted by atomic mass is 16.2. The highest BCUT2D eigenvalue weighted by molar-refractivity contribution is 5.86. The third kappa shape index (κ3) is 3.29. The van der Waals surface area contributed by atoms with E-state index in [1.165, 1.54) is 0 Å². The molecule has 0 saturated heterocycles. The summed E-state index contributed by atoms with van der Waals surface area (Å²) in [6, 6.07) is 21.1. The summed E-state index contributed by atoms with van der Waals surface area (Å²) < 4.78 is 1.12. The van der Waals surface area contributed by atoms with Gasteiger partial charge in [0.2, 0.25) is 5.91 Å². The van der Waals surface area contributed by atoms with Crippen molar-refractivity contribution in [2.75, 3.05) is 7.05 Å². The highest BCUT2D eigenvalue weighted by Gasteiger charge is 2.14. The number of hydrogen-bond acceptors (Lipinski definition) is 4. The van der Waals surface area contributed by atoms with E-state index in [-0.39, 0.29) is 18.0 Å². The van der Waals surface area contributed by atoms with Gasteiger partial charge in [0.1, 0.15) is 12.1 Å². The maximum Gasteiger partial charge on any atom is 0.278 e. The Hall–Kier alpha value is -3.54. The summed E-state index contributed by atoms with van der Waals surface area (Å²) in [6.07, 6.45) is 0. The summed E-state index contributed by atoms with van der Waals surface area (Å²) in [5.74, 6) is -0.199. The number of aromatic nitrogens is 3. The Morgan fingerprint density at radius 1 is 0.963 bits per heavy atom.